The van der Waals surface area contributed by atoms with E-state index in [1.54, 1.807) is 12.1 Å². The smallest absolute Gasteiger partial charge is 0.237 e. The minimum absolute atomic E-state index is 0.175. The third kappa shape index (κ3) is 1.68. The molecular formula is C15H15N3O2. The van der Waals surface area contributed by atoms with Crippen molar-refractivity contribution in [3.05, 3.63) is 23.8 Å². The van der Waals surface area contributed by atoms with Gasteiger partial charge in [-0.25, -0.2) is 4.90 Å². The highest BCUT2D eigenvalue weighted by Crippen LogP contribution is 2.44. The van der Waals surface area contributed by atoms with E-state index in [-0.39, 0.29) is 29.2 Å². The summed E-state index contributed by atoms with van der Waals surface area (Å²) in [4.78, 5) is 26.1. The summed E-state index contributed by atoms with van der Waals surface area (Å²) in [6.45, 7) is 2.06. The standard InChI is InChI=1S/C15H15N3O2/c1-8-4-11-12(5-8)15(20)18(14(11)19)13-3-2-10(17)6-9(13)7-16/h2-3,6,8,11-12H,4-5,17H2,1H3. The summed E-state index contributed by atoms with van der Waals surface area (Å²) in [6.07, 6.45) is 1.51. The Balaban J connectivity index is 2.03. The Kier molecular flexibility index (Phi) is 2.75. The monoisotopic (exact) mass is 269 g/mol. The molecule has 1 aliphatic carbocycles. The molecule has 1 saturated heterocycles. The van der Waals surface area contributed by atoms with Gasteiger partial charge in [-0.2, -0.15) is 5.26 Å². The van der Waals surface area contributed by atoms with Gasteiger partial charge in [-0.3, -0.25) is 9.59 Å². The van der Waals surface area contributed by atoms with Gasteiger partial charge in [-0.1, -0.05) is 6.92 Å². The molecule has 20 heavy (non-hydrogen) atoms. The zero-order valence-corrected chi connectivity index (χ0v) is 11.2. The number of rotatable bonds is 1. The molecule has 0 aromatic heterocycles. The predicted molar refractivity (Wildman–Crippen MR) is 73.4 cm³/mol. The normalized spacial score (nSPS) is 28.6. The second-order valence-electron chi connectivity index (χ2n) is 5.69. The molecule has 0 spiro atoms. The van der Waals surface area contributed by atoms with Crippen LogP contribution in [0, 0.1) is 29.1 Å². The average molecular weight is 269 g/mol. The molecule has 102 valence electrons. The van der Waals surface area contributed by atoms with E-state index in [4.69, 9.17) is 11.0 Å². The molecule has 1 aromatic carbocycles. The van der Waals surface area contributed by atoms with Crippen LogP contribution in [-0.4, -0.2) is 11.8 Å². The van der Waals surface area contributed by atoms with Crippen molar-refractivity contribution in [1.82, 2.24) is 0 Å². The second kappa shape index (κ2) is 4.34. The van der Waals surface area contributed by atoms with Crippen molar-refractivity contribution in [3.8, 4) is 6.07 Å². The Hall–Kier alpha value is -2.35. The summed E-state index contributed by atoms with van der Waals surface area (Å²) >= 11 is 0. The minimum atomic E-state index is -0.221. The number of anilines is 2. The molecule has 1 aromatic rings. The highest BCUT2D eigenvalue weighted by Gasteiger charge is 2.52. The van der Waals surface area contributed by atoms with E-state index in [1.807, 2.05) is 6.07 Å². The number of hydrogen-bond donors (Lipinski definition) is 1. The minimum Gasteiger partial charge on any atom is -0.399 e. The van der Waals surface area contributed by atoms with Gasteiger partial charge in [0, 0.05) is 5.69 Å². The van der Waals surface area contributed by atoms with E-state index in [9.17, 15) is 9.59 Å². The Morgan fingerprint density at radius 3 is 2.40 bits per heavy atom. The molecule has 2 unspecified atom stereocenters. The van der Waals surface area contributed by atoms with Crippen molar-refractivity contribution in [3.63, 3.8) is 0 Å². The van der Waals surface area contributed by atoms with Crippen LogP contribution in [0.1, 0.15) is 25.3 Å². The fourth-order valence-corrected chi connectivity index (χ4v) is 3.35. The summed E-state index contributed by atoms with van der Waals surface area (Å²) < 4.78 is 0. The average Bonchev–Trinajstić information content (AvgIpc) is 2.90. The molecule has 0 bridgehead atoms. The van der Waals surface area contributed by atoms with Crippen molar-refractivity contribution in [1.29, 1.82) is 5.26 Å². The Morgan fingerprint density at radius 1 is 1.25 bits per heavy atom. The zero-order valence-electron chi connectivity index (χ0n) is 11.2. The Labute approximate surface area is 117 Å². The number of nitrogens with zero attached hydrogens (tertiary/aromatic N) is 2. The van der Waals surface area contributed by atoms with E-state index in [1.165, 1.54) is 11.0 Å². The molecular weight excluding hydrogens is 254 g/mol. The highest BCUT2D eigenvalue weighted by molar-refractivity contribution is 6.22. The number of nitrogens with two attached hydrogens (primary N) is 1. The maximum atomic E-state index is 12.5. The van der Waals surface area contributed by atoms with Crippen LogP contribution >= 0.6 is 0 Å². The van der Waals surface area contributed by atoms with Crippen LogP contribution in [0.15, 0.2) is 18.2 Å². The van der Waals surface area contributed by atoms with E-state index < -0.39 is 0 Å². The highest BCUT2D eigenvalue weighted by atomic mass is 16.2. The number of nitrogen functional groups attached to an aromatic ring is 1. The number of nitriles is 1. The summed E-state index contributed by atoms with van der Waals surface area (Å²) in [5, 5.41) is 9.17. The van der Waals surface area contributed by atoms with Gasteiger partial charge in [0.05, 0.1) is 23.1 Å². The molecule has 2 amide bonds. The van der Waals surface area contributed by atoms with Crippen molar-refractivity contribution in [2.24, 2.45) is 17.8 Å². The maximum absolute atomic E-state index is 12.5. The number of benzene rings is 1. The number of amides is 2. The van der Waals surface area contributed by atoms with E-state index in [0.717, 1.165) is 12.8 Å². The first kappa shape index (κ1) is 12.7. The summed E-state index contributed by atoms with van der Waals surface area (Å²) in [6, 6.07) is 6.68. The van der Waals surface area contributed by atoms with Gasteiger partial charge in [0.1, 0.15) is 6.07 Å². The van der Waals surface area contributed by atoms with Crippen LogP contribution in [0.2, 0.25) is 0 Å². The van der Waals surface area contributed by atoms with Crippen molar-refractivity contribution in [2.45, 2.75) is 19.8 Å². The van der Waals surface area contributed by atoms with Crippen LogP contribution in [0.3, 0.4) is 0 Å². The fourth-order valence-electron chi connectivity index (χ4n) is 3.35. The molecule has 5 nitrogen and oxygen atoms in total. The maximum Gasteiger partial charge on any atom is 0.237 e. The topological polar surface area (TPSA) is 87.2 Å². The lowest BCUT2D eigenvalue weighted by Crippen LogP contribution is -2.32. The third-order valence-electron chi connectivity index (χ3n) is 4.26. The number of fused-ring (bicyclic) bond motifs is 1. The van der Waals surface area contributed by atoms with Crippen LogP contribution in [-0.2, 0) is 9.59 Å². The number of hydrogen-bond acceptors (Lipinski definition) is 4. The Bertz CT molecular complexity index is 623. The Morgan fingerprint density at radius 2 is 1.85 bits per heavy atom. The molecule has 1 aliphatic heterocycles. The quantitative estimate of drug-likeness (QED) is 0.620. The van der Waals surface area contributed by atoms with Crippen molar-refractivity contribution in [2.75, 3.05) is 10.6 Å². The van der Waals surface area contributed by atoms with Crippen molar-refractivity contribution >= 4 is 23.2 Å². The second-order valence-corrected chi connectivity index (χ2v) is 5.69. The zero-order chi connectivity index (χ0) is 14.4. The van der Waals surface area contributed by atoms with Gasteiger partial charge in [0.25, 0.3) is 0 Å². The van der Waals surface area contributed by atoms with Gasteiger partial charge in [0.15, 0.2) is 0 Å². The third-order valence-corrected chi connectivity index (χ3v) is 4.26. The van der Waals surface area contributed by atoms with Crippen LogP contribution in [0.5, 0.6) is 0 Å². The molecule has 2 N–H and O–H groups in total. The summed E-state index contributed by atoms with van der Waals surface area (Å²) in [7, 11) is 0. The fraction of sp³-hybridized carbons (Fsp3) is 0.400. The lowest BCUT2D eigenvalue weighted by atomic mass is 10.00. The number of carbonyl (C=O) groups is 2. The summed E-state index contributed by atoms with van der Waals surface area (Å²) in [5.41, 5.74) is 6.71. The van der Waals surface area contributed by atoms with Gasteiger partial charge < -0.3 is 5.73 Å². The van der Waals surface area contributed by atoms with E-state index in [2.05, 4.69) is 6.92 Å². The van der Waals surface area contributed by atoms with Gasteiger partial charge in [-0.05, 0) is 37.0 Å². The van der Waals surface area contributed by atoms with Crippen molar-refractivity contribution < 1.29 is 9.59 Å². The molecule has 2 atom stereocenters. The molecule has 2 fully saturated rings. The van der Waals surface area contributed by atoms with E-state index >= 15 is 0 Å². The van der Waals surface area contributed by atoms with Crippen LogP contribution < -0.4 is 10.6 Å². The van der Waals surface area contributed by atoms with E-state index in [0.29, 0.717) is 17.3 Å². The van der Waals surface area contributed by atoms with Gasteiger partial charge in [-0.15, -0.1) is 0 Å². The number of imide groups is 1. The first-order valence-corrected chi connectivity index (χ1v) is 6.70. The molecule has 5 heteroatoms. The van der Waals surface area contributed by atoms with Crippen LogP contribution in [0.25, 0.3) is 0 Å². The number of carbonyl (C=O) groups excluding carboxylic acids is 2. The molecule has 1 heterocycles. The predicted octanol–water partition coefficient (Wildman–Crippen LogP) is 1.68. The molecule has 1 saturated carbocycles. The first-order valence-electron chi connectivity index (χ1n) is 6.70. The van der Waals surface area contributed by atoms with Crippen LogP contribution in [0.4, 0.5) is 11.4 Å². The molecule has 0 radical (unpaired) electrons. The molecule has 2 aliphatic rings. The lowest BCUT2D eigenvalue weighted by molar-refractivity contribution is -0.123. The van der Waals surface area contributed by atoms with Gasteiger partial charge in [0.2, 0.25) is 11.8 Å². The first-order chi connectivity index (χ1) is 9.52. The summed E-state index contributed by atoms with van der Waals surface area (Å²) in [5.74, 6) is -0.388. The largest absolute Gasteiger partial charge is 0.399 e. The SMILES string of the molecule is CC1CC2C(=O)N(c3ccc(N)cc3C#N)C(=O)C2C1. The lowest BCUT2D eigenvalue weighted by Gasteiger charge is -2.18. The van der Waals surface area contributed by atoms with Gasteiger partial charge >= 0.3 is 0 Å². The molecule has 3 rings (SSSR count).